The van der Waals surface area contributed by atoms with E-state index < -0.39 is 0 Å². The summed E-state index contributed by atoms with van der Waals surface area (Å²) in [6.45, 7) is 2.24. The standard InChI is InChI=1S/C19H20N2/c1-13-11-16-15-9-5-6-10-18(15)21(19(16)17(20)12-13)14-7-3-2-4-8-14/h2-5,7-9,11,13H,6,10,12,20H2,1H3. The number of aromatic nitrogens is 1. The lowest BCUT2D eigenvalue weighted by atomic mass is 9.96. The Balaban J connectivity index is 2.16. The summed E-state index contributed by atoms with van der Waals surface area (Å²) in [4.78, 5) is 0. The molecule has 0 amide bonds. The molecule has 2 nitrogen and oxygen atoms in total. The van der Waals surface area contributed by atoms with Crippen molar-refractivity contribution >= 4 is 17.8 Å². The first-order valence-electron chi connectivity index (χ1n) is 7.72. The number of allylic oxidation sites excluding steroid dienone is 1. The number of nitrogens with zero attached hydrogens (tertiary/aromatic N) is 1. The van der Waals surface area contributed by atoms with Crippen LogP contribution in [-0.4, -0.2) is 4.57 Å². The third-order valence-electron chi connectivity index (χ3n) is 4.49. The number of hydrogen-bond donors (Lipinski definition) is 1. The van der Waals surface area contributed by atoms with E-state index in [0.717, 1.165) is 25.0 Å². The van der Waals surface area contributed by atoms with E-state index in [1.54, 1.807) is 0 Å². The summed E-state index contributed by atoms with van der Waals surface area (Å²) in [5, 5.41) is 2.55. The predicted octanol–water partition coefficient (Wildman–Crippen LogP) is 2.32. The lowest BCUT2D eigenvalue weighted by Crippen LogP contribution is -2.38. The van der Waals surface area contributed by atoms with Crippen LogP contribution in [0.3, 0.4) is 0 Å². The molecular formula is C19H20N2. The molecule has 1 aromatic carbocycles. The van der Waals surface area contributed by atoms with Gasteiger partial charge in [-0.1, -0.05) is 43.4 Å². The molecule has 1 unspecified atom stereocenters. The zero-order chi connectivity index (χ0) is 14.4. The molecular weight excluding hydrogens is 256 g/mol. The van der Waals surface area contributed by atoms with E-state index in [4.69, 9.17) is 5.73 Å². The van der Waals surface area contributed by atoms with Gasteiger partial charge in [-0.15, -0.1) is 0 Å². The van der Waals surface area contributed by atoms with Crippen LogP contribution < -0.4 is 16.3 Å². The molecule has 2 aliphatic carbocycles. The van der Waals surface area contributed by atoms with Crippen LogP contribution in [0.25, 0.3) is 23.5 Å². The summed E-state index contributed by atoms with van der Waals surface area (Å²) >= 11 is 0. The maximum absolute atomic E-state index is 6.44. The Morgan fingerprint density at radius 2 is 2.00 bits per heavy atom. The molecule has 2 N–H and O–H groups in total. The molecule has 0 saturated heterocycles. The van der Waals surface area contributed by atoms with Crippen molar-refractivity contribution in [3.8, 4) is 5.69 Å². The zero-order valence-corrected chi connectivity index (χ0v) is 12.3. The van der Waals surface area contributed by atoms with Crippen LogP contribution in [0.2, 0.25) is 0 Å². The highest BCUT2D eigenvalue weighted by atomic mass is 15.0. The second-order valence-electron chi connectivity index (χ2n) is 6.11. The minimum atomic E-state index is 0.517. The molecule has 0 aliphatic heterocycles. The highest BCUT2D eigenvalue weighted by Crippen LogP contribution is 2.21. The summed E-state index contributed by atoms with van der Waals surface area (Å²) < 4.78 is 2.38. The third-order valence-corrected chi connectivity index (χ3v) is 4.49. The average Bonchev–Trinajstić information content (AvgIpc) is 2.83. The minimum Gasteiger partial charge on any atom is -0.400 e. The van der Waals surface area contributed by atoms with Crippen LogP contribution >= 0.6 is 0 Å². The molecule has 2 heteroatoms. The molecule has 1 atom stereocenters. The monoisotopic (exact) mass is 276 g/mol. The van der Waals surface area contributed by atoms with Crippen molar-refractivity contribution < 1.29 is 0 Å². The van der Waals surface area contributed by atoms with Crippen molar-refractivity contribution in [2.45, 2.75) is 26.2 Å². The highest BCUT2D eigenvalue weighted by Gasteiger charge is 2.21. The number of rotatable bonds is 1. The van der Waals surface area contributed by atoms with Gasteiger partial charge in [0.15, 0.2) is 0 Å². The summed E-state index contributed by atoms with van der Waals surface area (Å²) in [6, 6.07) is 10.6. The van der Waals surface area contributed by atoms with Crippen LogP contribution in [-0.2, 0) is 6.42 Å². The van der Waals surface area contributed by atoms with Gasteiger partial charge in [0.25, 0.3) is 0 Å². The molecule has 0 bridgehead atoms. The van der Waals surface area contributed by atoms with Crippen molar-refractivity contribution in [2.24, 2.45) is 11.7 Å². The Morgan fingerprint density at radius 3 is 2.81 bits per heavy atom. The van der Waals surface area contributed by atoms with E-state index in [-0.39, 0.29) is 0 Å². The van der Waals surface area contributed by atoms with E-state index in [0.29, 0.717) is 5.92 Å². The molecule has 1 aromatic heterocycles. The molecule has 1 heterocycles. The van der Waals surface area contributed by atoms with Crippen molar-refractivity contribution in [2.75, 3.05) is 0 Å². The van der Waals surface area contributed by atoms with E-state index in [1.807, 2.05) is 0 Å². The Morgan fingerprint density at radius 1 is 1.19 bits per heavy atom. The van der Waals surface area contributed by atoms with Crippen LogP contribution in [0.5, 0.6) is 0 Å². The van der Waals surface area contributed by atoms with E-state index in [1.165, 1.54) is 27.5 Å². The predicted molar refractivity (Wildman–Crippen MR) is 88.2 cm³/mol. The van der Waals surface area contributed by atoms with Crippen LogP contribution in [0.15, 0.2) is 36.4 Å². The number of hydrogen-bond acceptors (Lipinski definition) is 1. The first-order valence-corrected chi connectivity index (χ1v) is 7.72. The largest absolute Gasteiger partial charge is 0.400 e. The lowest BCUT2D eigenvalue weighted by molar-refractivity contribution is 0.765. The van der Waals surface area contributed by atoms with Gasteiger partial charge in [-0.2, -0.15) is 0 Å². The normalized spacial score (nSPS) is 19.9. The van der Waals surface area contributed by atoms with Gasteiger partial charge < -0.3 is 10.3 Å². The zero-order valence-electron chi connectivity index (χ0n) is 12.3. The molecule has 0 radical (unpaired) electrons. The third kappa shape index (κ3) is 1.86. The molecule has 0 saturated carbocycles. The fourth-order valence-corrected chi connectivity index (χ4v) is 3.65. The van der Waals surface area contributed by atoms with Crippen LogP contribution in [0.4, 0.5) is 0 Å². The summed E-state index contributed by atoms with van der Waals surface area (Å²) in [5.41, 5.74) is 11.5. The summed E-state index contributed by atoms with van der Waals surface area (Å²) in [6.07, 6.45) is 10.1. The maximum atomic E-state index is 6.44. The van der Waals surface area contributed by atoms with E-state index in [9.17, 15) is 0 Å². The molecule has 0 spiro atoms. The number of benzene rings is 1. The Bertz CT molecular complexity index is 838. The number of para-hydroxylation sites is 1. The van der Waals surface area contributed by atoms with Crippen molar-refractivity contribution in [1.82, 2.24) is 4.57 Å². The van der Waals surface area contributed by atoms with Gasteiger partial charge in [-0.3, -0.25) is 0 Å². The first-order chi connectivity index (χ1) is 10.3. The average molecular weight is 276 g/mol. The number of fused-ring (bicyclic) bond motifs is 3. The smallest absolute Gasteiger partial charge is 0.0722 e. The van der Waals surface area contributed by atoms with Crippen LogP contribution in [0, 0.1) is 5.92 Å². The van der Waals surface area contributed by atoms with Gasteiger partial charge in [-0.25, -0.2) is 0 Å². The second-order valence-corrected chi connectivity index (χ2v) is 6.11. The second kappa shape index (κ2) is 4.66. The molecule has 4 rings (SSSR count). The summed E-state index contributed by atoms with van der Waals surface area (Å²) in [7, 11) is 0. The minimum absolute atomic E-state index is 0.517. The Labute approximate surface area is 124 Å². The Kier molecular flexibility index (Phi) is 2.78. The number of nitrogens with two attached hydrogens (primary N) is 1. The Hall–Kier alpha value is -2.22. The molecule has 2 aromatic rings. The van der Waals surface area contributed by atoms with Gasteiger partial charge in [0.1, 0.15) is 0 Å². The highest BCUT2D eigenvalue weighted by molar-refractivity contribution is 5.64. The van der Waals surface area contributed by atoms with Gasteiger partial charge in [0.2, 0.25) is 0 Å². The SMILES string of the molecule is CC1C=c2c3c(n(-c4ccccc4)c2=C(N)C1)CCC=C3. The topological polar surface area (TPSA) is 30.9 Å². The maximum Gasteiger partial charge on any atom is 0.0722 e. The molecule has 2 aliphatic rings. The van der Waals surface area contributed by atoms with Gasteiger partial charge in [0, 0.05) is 27.9 Å². The molecule has 106 valence electrons. The van der Waals surface area contributed by atoms with Crippen molar-refractivity contribution in [1.29, 1.82) is 0 Å². The van der Waals surface area contributed by atoms with Crippen LogP contribution in [0.1, 0.15) is 31.0 Å². The quantitative estimate of drug-likeness (QED) is 0.851. The van der Waals surface area contributed by atoms with E-state index in [2.05, 4.69) is 60.1 Å². The van der Waals surface area contributed by atoms with Crippen molar-refractivity contribution in [3.05, 3.63) is 58.2 Å². The van der Waals surface area contributed by atoms with Crippen molar-refractivity contribution in [3.63, 3.8) is 0 Å². The first kappa shape index (κ1) is 12.5. The van der Waals surface area contributed by atoms with E-state index >= 15 is 0 Å². The van der Waals surface area contributed by atoms with Gasteiger partial charge >= 0.3 is 0 Å². The van der Waals surface area contributed by atoms with Gasteiger partial charge in [-0.05, 0) is 37.3 Å². The fraction of sp³-hybridized carbons (Fsp3) is 0.263. The fourth-order valence-electron chi connectivity index (χ4n) is 3.65. The molecule has 0 fully saturated rings. The molecule has 21 heavy (non-hydrogen) atoms. The van der Waals surface area contributed by atoms with Gasteiger partial charge in [0.05, 0.1) is 5.35 Å². The lowest BCUT2D eigenvalue weighted by Gasteiger charge is -2.15. The summed E-state index contributed by atoms with van der Waals surface area (Å²) in [5.74, 6) is 0.517.